The fraction of sp³-hybridized carbons (Fsp3) is 0.188. The highest BCUT2D eigenvalue weighted by Crippen LogP contribution is 2.30. The molecule has 25 heavy (non-hydrogen) atoms. The predicted molar refractivity (Wildman–Crippen MR) is 89.4 cm³/mol. The minimum atomic E-state index is -2.82. The normalized spacial score (nSPS) is 11.3. The van der Waals surface area contributed by atoms with Crippen molar-refractivity contribution in [3.63, 3.8) is 0 Å². The average Bonchev–Trinajstić information content (AvgIpc) is 3.00. The zero-order chi connectivity index (χ0) is 18.1. The van der Waals surface area contributed by atoms with Gasteiger partial charge in [0.05, 0.1) is 28.5 Å². The van der Waals surface area contributed by atoms with Crippen molar-refractivity contribution in [2.24, 2.45) is 0 Å². The molecule has 0 aliphatic rings. The van der Waals surface area contributed by atoms with E-state index in [0.717, 1.165) is 10.7 Å². The first-order valence-electron chi connectivity index (χ1n) is 7.21. The zero-order valence-corrected chi connectivity index (χ0v) is 14.4. The van der Waals surface area contributed by atoms with Crippen LogP contribution >= 0.6 is 23.2 Å². The Hall–Kier alpha value is -2.25. The summed E-state index contributed by atoms with van der Waals surface area (Å²) in [5, 5.41) is 4.43. The Morgan fingerprint density at radius 2 is 2.04 bits per heavy atom. The van der Waals surface area contributed by atoms with Crippen LogP contribution in [0.15, 0.2) is 30.5 Å². The minimum absolute atomic E-state index is 0.00524. The lowest BCUT2D eigenvalue weighted by molar-refractivity contribution is 0.0528. The van der Waals surface area contributed by atoms with Crippen molar-refractivity contribution >= 4 is 34.8 Å². The van der Waals surface area contributed by atoms with Gasteiger partial charge in [-0.3, -0.25) is 0 Å². The largest absolute Gasteiger partial charge is 0.462 e. The Balaban J connectivity index is 2.24. The van der Waals surface area contributed by atoms with E-state index in [4.69, 9.17) is 27.9 Å². The van der Waals surface area contributed by atoms with E-state index in [0.29, 0.717) is 10.6 Å². The van der Waals surface area contributed by atoms with E-state index >= 15 is 0 Å². The summed E-state index contributed by atoms with van der Waals surface area (Å²) in [6, 6.07) is 5.84. The summed E-state index contributed by atoms with van der Waals surface area (Å²) >= 11 is 11.9. The fourth-order valence-corrected chi connectivity index (χ4v) is 2.60. The van der Waals surface area contributed by atoms with Gasteiger partial charge in [0.25, 0.3) is 6.43 Å². The second-order valence-corrected chi connectivity index (χ2v) is 5.82. The Morgan fingerprint density at radius 3 is 2.68 bits per heavy atom. The van der Waals surface area contributed by atoms with Crippen LogP contribution in [0, 0.1) is 0 Å². The van der Waals surface area contributed by atoms with E-state index in [9.17, 15) is 13.6 Å². The molecule has 0 N–H and O–H groups in total. The molecule has 130 valence electrons. The molecule has 3 rings (SSSR count). The van der Waals surface area contributed by atoms with E-state index in [1.165, 1.54) is 18.2 Å². The third-order valence-corrected chi connectivity index (χ3v) is 4.17. The second kappa shape index (κ2) is 6.93. The number of esters is 1. The molecule has 0 aliphatic carbocycles. The SMILES string of the molecule is CCOC(=O)c1cnn2c(C(F)F)cc(-c3ccc(Cl)c(Cl)c3)nc12. The minimum Gasteiger partial charge on any atom is -0.462 e. The number of hydrogen-bond acceptors (Lipinski definition) is 4. The summed E-state index contributed by atoms with van der Waals surface area (Å²) in [4.78, 5) is 16.3. The molecule has 0 fully saturated rings. The van der Waals surface area contributed by atoms with Crippen LogP contribution in [0.3, 0.4) is 0 Å². The van der Waals surface area contributed by atoms with Gasteiger partial charge in [0.1, 0.15) is 11.3 Å². The van der Waals surface area contributed by atoms with Crippen LogP contribution in [0.4, 0.5) is 8.78 Å². The summed E-state index contributed by atoms with van der Waals surface area (Å²) < 4.78 is 32.7. The van der Waals surface area contributed by atoms with Crippen molar-refractivity contribution < 1.29 is 18.3 Å². The van der Waals surface area contributed by atoms with Gasteiger partial charge >= 0.3 is 5.97 Å². The Bertz CT molecular complexity index is 960. The van der Waals surface area contributed by atoms with Crippen molar-refractivity contribution in [3.05, 3.63) is 51.8 Å². The van der Waals surface area contributed by atoms with Crippen LogP contribution in [-0.4, -0.2) is 27.2 Å². The lowest BCUT2D eigenvalue weighted by Gasteiger charge is -2.09. The molecular formula is C16H11Cl2F2N3O2. The number of carbonyl (C=O) groups excluding carboxylic acids is 1. The molecule has 2 aromatic heterocycles. The van der Waals surface area contributed by atoms with Gasteiger partial charge in [0, 0.05) is 5.56 Å². The van der Waals surface area contributed by atoms with Crippen molar-refractivity contribution in [2.75, 3.05) is 6.61 Å². The highest BCUT2D eigenvalue weighted by atomic mass is 35.5. The molecule has 2 heterocycles. The van der Waals surface area contributed by atoms with Gasteiger partial charge < -0.3 is 4.74 Å². The molecule has 0 atom stereocenters. The quantitative estimate of drug-likeness (QED) is 0.604. The number of nitrogens with zero attached hydrogens (tertiary/aromatic N) is 3. The molecule has 0 bridgehead atoms. The van der Waals surface area contributed by atoms with Crippen LogP contribution in [0.1, 0.15) is 29.4 Å². The van der Waals surface area contributed by atoms with Gasteiger partial charge in [-0.15, -0.1) is 0 Å². The lowest BCUT2D eigenvalue weighted by atomic mass is 10.1. The van der Waals surface area contributed by atoms with Gasteiger partial charge in [-0.25, -0.2) is 23.1 Å². The number of fused-ring (bicyclic) bond motifs is 1. The molecule has 9 heteroatoms. The van der Waals surface area contributed by atoms with Gasteiger partial charge in [-0.2, -0.15) is 5.10 Å². The highest BCUT2D eigenvalue weighted by Gasteiger charge is 2.22. The van der Waals surface area contributed by atoms with Gasteiger partial charge in [-0.05, 0) is 25.1 Å². The maximum absolute atomic E-state index is 13.4. The summed E-state index contributed by atoms with van der Waals surface area (Å²) in [6.45, 7) is 1.78. The number of benzene rings is 1. The van der Waals surface area contributed by atoms with E-state index < -0.39 is 18.1 Å². The molecule has 0 radical (unpaired) electrons. The Kier molecular flexibility index (Phi) is 4.87. The molecule has 0 amide bonds. The average molecular weight is 386 g/mol. The first-order chi connectivity index (χ1) is 11.9. The zero-order valence-electron chi connectivity index (χ0n) is 12.8. The van der Waals surface area contributed by atoms with Crippen molar-refractivity contribution in [2.45, 2.75) is 13.3 Å². The van der Waals surface area contributed by atoms with E-state index in [1.807, 2.05) is 0 Å². The van der Waals surface area contributed by atoms with Crippen molar-refractivity contribution in [1.29, 1.82) is 0 Å². The Labute approximate surface area is 151 Å². The first-order valence-corrected chi connectivity index (χ1v) is 7.97. The Morgan fingerprint density at radius 1 is 1.28 bits per heavy atom. The summed E-state index contributed by atoms with van der Waals surface area (Å²) in [6.07, 6.45) is -1.66. The standard InChI is InChI=1S/C16H11Cl2F2N3O2/c1-2-25-16(24)9-7-21-23-13(14(19)20)6-12(22-15(9)23)8-3-4-10(17)11(18)5-8/h3-7,14H,2H2,1H3. The van der Waals surface area contributed by atoms with Crippen LogP contribution in [0.2, 0.25) is 10.0 Å². The number of aromatic nitrogens is 3. The van der Waals surface area contributed by atoms with Crippen molar-refractivity contribution in [1.82, 2.24) is 14.6 Å². The number of rotatable bonds is 4. The first kappa shape index (κ1) is 17.6. The summed E-state index contributed by atoms with van der Waals surface area (Å²) in [5.41, 5.74) is 0.284. The topological polar surface area (TPSA) is 56.5 Å². The molecule has 0 spiro atoms. The number of halogens is 4. The van der Waals surface area contributed by atoms with Crippen LogP contribution in [0.5, 0.6) is 0 Å². The second-order valence-electron chi connectivity index (χ2n) is 5.01. The monoisotopic (exact) mass is 385 g/mol. The lowest BCUT2D eigenvalue weighted by Crippen LogP contribution is -2.07. The number of hydrogen-bond donors (Lipinski definition) is 0. The van der Waals surface area contributed by atoms with Crippen molar-refractivity contribution in [3.8, 4) is 11.3 Å². The molecule has 0 unspecified atom stereocenters. The van der Waals surface area contributed by atoms with Gasteiger partial charge in [0.15, 0.2) is 5.65 Å². The molecule has 0 saturated carbocycles. The van der Waals surface area contributed by atoms with Gasteiger partial charge in [0.2, 0.25) is 0 Å². The van der Waals surface area contributed by atoms with E-state index in [-0.39, 0.29) is 28.5 Å². The maximum Gasteiger partial charge on any atom is 0.343 e. The smallest absolute Gasteiger partial charge is 0.343 e. The molecule has 3 aromatic rings. The van der Waals surface area contributed by atoms with E-state index in [1.54, 1.807) is 13.0 Å². The summed E-state index contributed by atoms with van der Waals surface area (Å²) in [7, 11) is 0. The summed E-state index contributed by atoms with van der Waals surface area (Å²) in [5.74, 6) is -0.684. The third kappa shape index (κ3) is 3.29. The molecule has 0 saturated heterocycles. The van der Waals surface area contributed by atoms with E-state index in [2.05, 4.69) is 10.1 Å². The number of carbonyl (C=O) groups is 1. The highest BCUT2D eigenvalue weighted by molar-refractivity contribution is 6.42. The molecule has 1 aromatic carbocycles. The number of alkyl halides is 2. The number of ether oxygens (including phenoxy) is 1. The molecule has 5 nitrogen and oxygen atoms in total. The van der Waals surface area contributed by atoms with Gasteiger partial charge in [-0.1, -0.05) is 29.3 Å². The molecular weight excluding hydrogens is 375 g/mol. The fourth-order valence-electron chi connectivity index (χ4n) is 2.30. The molecule has 0 aliphatic heterocycles. The van der Waals surface area contributed by atoms with Crippen LogP contribution in [0.25, 0.3) is 16.9 Å². The van der Waals surface area contributed by atoms with Crippen LogP contribution < -0.4 is 0 Å². The predicted octanol–water partition coefficient (Wildman–Crippen LogP) is 4.82. The third-order valence-electron chi connectivity index (χ3n) is 3.43. The van der Waals surface area contributed by atoms with Crippen LogP contribution in [-0.2, 0) is 4.74 Å². The maximum atomic E-state index is 13.4.